The van der Waals surface area contributed by atoms with Gasteiger partial charge in [0.25, 0.3) is 0 Å². The second-order valence-electron chi connectivity index (χ2n) is 6.59. The van der Waals surface area contributed by atoms with Crippen LogP contribution in [0.3, 0.4) is 0 Å². The maximum absolute atomic E-state index is 12.3. The van der Waals surface area contributed by atoms with Crippen LogP contribution in [0.2, 0.25) is 10.0 Å². The van der Waals surface area contributed by atoms with Crippen molar-refractivity contribution in [2.75, 3.05) is 33.0 Å². The monoisotopic (exact) mass is 443 g/mol. The predicted molar refractivity (Wildman–Crippen MR) is 113 cm³/mol. The van der Waals surface area contributed by atoms with Gasteiger partial charge >= 0.3 is 0 Å². The van der Waals surface area contributed by atoms with E-state index in [0.29, 0.717) is 18.1 Å². The van der Waals surface area contributed by atoms with E-state index in [1.165, 1.54) is 32.3 Å². The van der Waals surface area contributed by atoms with Crippen LogP contribution in [0.25, 0.3) is 0 Å². The first-order chi connectivity index (χ1) is 13.1. The summed E-state index contributed by atoms with van der Waals surface area (Å²) >= 11 is 12.0. The van der Waals surface area contributed by atoms with E-state index in [9.17, 15) is 13.2 Å². The van der Waals surface area contributed by atoms with Gasteiger partial charge in [-0.2, -0.15) is 0 Å². The zero-order valence-electron chi connectivity index (χ0n) is 15.9. The molecule has 0 bridgehead atoms. The van der Waals surface area contributed by atoms with Crippen molar-refractivity contribution in [3.05, 3.63) is 58.1 Å². The smallest absolute Gasteiger partial charge is 0.242 e. The van der Waals surface area contributed by atoms with E-state index in [4.69, 9.17) is 23.2 Å². The lowest BCUT2D eigenvalue weighted by molar-refractivity contribution is -0.116. The van der Waals surface area contributed by atoms with Crippen LogP contribution in [-0.2, 0) is 21.4 Å². The molecule has 1 N–H and O–H groups in total. The fourth-order valence-corrected chi connectivity index (χ4v) is 3.68. The van der Waals surface area contributed by atoms with Crippen molar-refractivity contribution >= 4 is 44.8 Å². The summed E-state index contributed by atoms with van der Waals surface area (Å²) in [6, 6.07) is 11.8. The summed E-state index contributed by atoms with van der Waals surface area (Å²) in [5, 5.41) is 3.65. The molecule has 2 rings (SSSR count). The Hall–Kier alpha value is -1.64. The third-order valence-electron chi connectivity index (χ3n) is 4.08. The minimum Gasteiger partial charge on any atom is -0.325 e. The van der Waals surface area contributed by atoms with Crippen molar-refractivity contribution < 1.29 is 13.2 Å². The highest BCUT2D eigenvalue weighted by atomic mass is 35.5. The molecular formula is C19H23Cl2N3O3S. The Bertz CT molecular complexity index is 932. The summed E-state index contributed by atoms with van der Waals surface area (Å²) in [6.45, 7) is 1.21. The molecule has 152 valence electrons. The second-order valence-corrected chi connectivity index (χ2v) is 9.59. The zero-order valence-corrected chi connectivity index (χ0v) is 18.3. The van der Waals surface area contributed by atoms with Crippen LogP contribution < -0.4 is 5.32 Å². The SMILES string of the molecule is CN(CCC(=O)Nc1cc(S(=O)(=O)N(C)C)ccc1Cl)Cc1ccc(Cl)cc1. The lowest BCUT2D eigenvalue weighted by Crippen LogP contribution is -2.24. The van der Waals surface area contributed by atoms with Gasteiger partial charge in [-0.05, 0) is 42.9 Å². The third-order valence-corrected chi connectivity index (χ3v) is 6.47. The molecule has 28 heavy (non-hydrogen) atoms. The molecule has 0 aliphatic carbocycles. The summed E-state index contributed by atoms with van der Waals surface area (Å²) in [5.41, 5.74) is 1.37. The first-order valence-electron chi connectivity index (χ1n) is 8.54. The molecule has 0 aliphatic heterocycles. The van der Waals surface area contributed by atoms with Crippen molar-refractivity contribution in [3.8, 4) is 0 Å². The summed E-state index contributed by atoms with van der Waals surface area (Å²) in [5.74, 6) is -0.246. The maximum Gasteiger partial charge on any atom is 0.242 e. The molecular weight excluding hydrogens is 421 g/mol. The Labute approximate surface area is 176 Å². The number of rotatable bonds is 8. The Morgan fingerprint density at radius 2 is 1.68 bits per heavy atom. The van der Waals surface area contributed by atoms with Gasteiger partial charge in [0.2, 0.25) is 15.9 Å². The number of halogens is 2. The number of carbonyl (C=O) groups excluding carboxylic acids is 1. The molecule has 6 nitrogen and oxygen atoms in total. The van der Waals surface area contributed by atoms with Crippen LogP contribution in [0, 0.1) is 0 Å². The molecule has 0 aliphatic rings. The largest absolute Gasteiger partial charge is 0.325 e. The molecule has 1 amide bonds. The van der Waals surface area contributed by atoms with E-state index >= 15 is 0 Å². The van der Waals surface area contributed by atoms with Gasteiger partial charge in [-0.1, -0.05) is 35.3 Å². The lowest BCUT2D eigenvalue weighted by atomic mass is 10.2. The van der Waals surface area contributed by atoms with E-state index in [1.807, 2.05) is 36.2 Å². The van der Waals surface area contributed by atoms with Crippen LogP contribution in [0.1, 0.15) is 12.0 Å². The van der Waals surface area contributed by atoms with Crippen LogP contribution in [0.5, 0.6) is 0 Å². The molecule has 0 unspecified atom stereocenters. The fourth-order valence-electron chi connectivity index (χ4n) is 2.46. The Morgan fingerprint density at radius 3 is 2.29 bits per heavy atom. The predicted octanol–water partition coefficient (Wildman–Crippen LogP) is 3.70. The highest BCUT2D eigenvalue weighted by Gasteiger charge is 2.19. The molecule has 0 fully saturated rings. The van der Waals surface area contributed by atoms with Crippen LogP contribution in [0.4, 0.5) is 5.69 Å². The Balaban J connectivity index is 1.96. The van der Waals surface area contributed by atoms with E-state index in [-0.39, 0.29) is 27.9 Å². The number of benzene rings is 2. The molecule has 0 radical (unpaired) electrons. The highest BCUT2D eigenvalue weighted by molar-refractivity contribution is 7.89. The number of hydrogen-bond donors (Lipinski definition) is 1. The number of carbonyl (C=O) groups is 1. The lowest BCUT2D eigenvalue weighted by Gasteiger charge is -2.17. The molecule has 0 saturated heterocycles. The summed E-state index contributed by atoms with van der Waals surface area (Å²) in [6.07, 6.45) is 0.241. The molecule has 9 heteroatoms. The average Bonchev–Trinajstić information content (AvgIpc) is 2.63. The summed E-state index contributed by atoms with van der Waals surface area (Å²) < 4.78 is 25.6. The normalized spacial score (nSPS) is 11.8. The molecule has 0 atom stereocenters. The van der Waals surface area contributed by atoms with Crippen LogP contribution in [-0.4, -0.2) is 51.2 Å². The zero-order chi connectivity index (χ0) is 20.9. The summed E-state index contributed by atoms with van der Waals surface area (Å²) in [4.78, 5) is 14.4. The maximum atomic E-state index is 12.3. The van der Waals surface area contributed by atoms with E-state index in [0.717, 1.165) is 9.87 Å². The first-order valence-corrected chi connectivity index (χ1v) is 10.7. The Kier molecular flexibility index (Phi) is 7.86. The van der Waals surface area contributed by atoms with E-state index < -0.39 is 10.0 Å². The van der Waals surface area contributed by atoms with Gasteiger partial charge in [0.05, 0.1) is 15.6 Å². The van der Waals surface area contributed by atoms with Crippen molar-refractivity contribution in [1.29, 1.82) is 0 Å². The molecule has 2 aromatic carbocycles. The topological polar surface area (TPSA) is 69.7 Å². The van der Waals surface area contributed by atoms with E-state index in [2.05, 4.69) is 5.32 Å². The van der Waals surface area contributed by atoms with Gasteiger partial charge in [0.1, 0.15) is 0 Å². The second kappa shape index (κ2) is 9.71. The quantitative estimate of drug-likeness (QED) is 0.674. The average molecular weight is 444 g/mol. The van der Waals surface area contributed by atoms with Gasteiger partial charge < -0.3 is 10.2 Å². The van der Waals surface area contributed by atoms with Crippen LogP contribution >= 0.6 is 23.2 Å². The highest BCUT2D eigenvalue weighted by Crippen LogP contribution is 2.26. The van der Waals surface area contributed by atoms with E-state index in [1.54, 1.807) is 0 Å². The Morgan fingerprint density at radius 1 is 1.04 bits per heavy atom. The molecule has 2 aromatic rings. The number of sulfonamides is 1. The third kappa shape index (κ3) is 6.18. The van der Waals surface area contributed by atoms with Gasteiger partial charge in [-0.3, -0.25) is 4.79 Å². The minimum atomic E-state index is -3.61. The number of hydrogen-bond acceptors (Lipinski definition) is 4. The van der Waals surface area contributed by atoms with Crippen molar-refractivity contribution in [1.82, 2.24) is 9.21 Å². The molecule has 0 aromatic heterocycles. The fraction of sp³-hybridized carbons (Fsp3) is 0.316. The van der Waals surface area contributed by atoms with Gasteiger partial charge in [-0.25, -0.2) is 12.7 Å². The molecule has 0 heterocycles. The van der Waals surface area contributed by atoms with Crippen molar-refractivity contribution in [3.63, 3.8) is 0 Å². The number of nitrogens with one attached hydrogen (secondary N) is 1. The molecule has 0 spiro atoms. The van der Waals surface area contributed by atoms with Gasteiger partial charge in [0, 0.05) is 38.6 Å². The number of nitrogens with zero attached hydrogens (tertiary/aromatic N) is 2. The van der Waals surface area contributed by atoms with Crippen molar-refractivity contribution in [2.45, 2.75) is 17.9 Å². The summed E-state index contributed by atoms with van der Waals surface area (Å²) in [7, 11) is 1.19. The first kappa shape index (κ1) is 22.6. The standard InChI is InChI=1S/C19H23Cl2N3O3S/c1-23(2)28(26,27)16-8-9-17(21)18(12-16)22-19(25)10-11-24(3)13-14-4-6-15(20)7-5-14/h4-9,12H,10-11,13H2,1-3H3,(H,22,25). The van der Waals surface area contributed by atoms with Crippen molar-refractivity contribution in [2.24, 2.45) is 0 Å². The van der Waals surface area contributed by atoms with Gasteiger partial charge in [0.15, 0.2) is 0 Å². The minimum absolute atomic E-state index is 0.0667. The van der Waals surface area contributed by atoms with Gasteiger partial charge in [-0.15, -0.1) is 0 Å². The molecule has 0 saturated carbocycles. The van der Waals surface area contributed by atoms with Crippen LogP contribution in [0.15, 0.2) is 47.4 Å². The number of anilines is 1. The number of amides is 1.